The Morgan fingerprint density at radius 2 is 1.66 bits per heavy atom. The summed E-state index contributed by atoms with van der Waals surface area (Å²) in [6.07, 6.45) is -9.35. The number of carbonyl (C=O) groups is 2. The predicted molar refractivity (Wildman–Crippen MR) is 112 cm³/mol. The molecule has 2 aromatic carbocycles. The van der Waals surface area contributed by atoms with Gasteiger partial charge in [0.2, 0.25) is 6.29 Å². The summed E-state index contributed by atoms with van der Waals surface area (Å²) >= 11 is 12.3. The van der Waals surface area contributed by atoms with Gasteiger partial charge in [0.1, 0.15) is 24.1 Å². The van der Waals surface area contributed by atoms with Gasteiger partial charge in [-0.05, 0) is 35.9 Å². The lowest BCUT2D eigenvalue weighted by atomic mass is 9.99. The van der Waals surface area contributed by atoms with E-state index in [9.17, 15) is 30.0 Å². The molecule has 3 rings (SSSR count). The van der Waals surface area contributed by atoms with Crippen molar-refractivity contribution < 1.29 is 44.6 Å². The first-order valence-corrected chi connectivity index (χ1v) is 9.99. The zero-order valence-electron chi connectivity index (χ0n) is 16.2. The number of aliphatic hydroxyl groups excluding tert-OH is 3. The zero-order valence-corrected chi connectivity index (χ0v) is 17.7. The molecule has 0 unspecified atom stereocenters. The van der Waals surface area contributed by atoms with Gasteiger partial charge in [0.15, 0.2) is 6.10 Å². The fourth-order valence-electron chi connectivity index (χ4n) is 3.11. The SMILES string of the molecule is O=C(O)Cc1cc(O[C@@H]2O[C@H](C(=O)O)[C@@H](O)[C@H](O)[C@H]2O)ccc1Nc1c(Cl)cccc1Cl. The summed E-state index contributed by atoms with van der Waals surface area (Å²) in [4.78, 5) is 22.6. The number of hydrogen-bond acceptors (Lipinski definition) is 8. The molecule has 0 bridgehead atoms. The van der Waals surface area contributed by atoms with E-state index in [1.54, 1.807) is 18.2 Å². The highest BCUT2D eigenvalue weighted by molar-refractivity contribution is 6.39. The highest BCUT2D eigenvalue weighted by Gasteiger charge is 2.48. The normalized spacial score (nSPS) is 25.2. The zero-order chi connectivity index (χ0) is 23.6. The minimum absolute atomic E-state index is 0.0221. The van der Waals surface area contributed by atoms with Gasteiger partial charge in [-0.3, -0.25) is 4.79 Å². The Morgan fingerprint density at radius 3 is 2.25 bits per heavy atom. The Hall–Kier alpha value is -2.60. The molecule has 0 saturated carbocycles. The first kappa shape index (κ1) is 24.1. The molecule has 0 amide bonds. The van der Waals surface area contributed by atoms with Crippen LogP contribution in [0.15, 0.2) is 36.4 Å². The fraction of sp³-hybridized carbons (Fsp3) is 0.300. The van der Waals surface area contributed by atoms with E-state index >= 15 is 0 Å². The second-order valence-electron chi connectivity index (χ2n) is 6.96. The molecule has 0 aliphatic carbocycles. The van der Waals surface area contributed by atoms with Crippen LogP contribution >= 0.6 is 23.2 Å². The molecular weight excluding hydrogens is 469 g/mol. The van der Waals surface area contributed by atoms with Crippen LogP contribution in [0.5, 0.6) is 5.75 Å². The molecule has 0 spiro atoms. The van der Waals surface area contributed by atoms with Crippen molar-refractivity contribution in [3.8, 4) is 5.75 Å². The number of benzene rings is 2. The lowest BCUT2D eigenvalue weighted by molar-refractivity contribution is -0.271. The van der Waals surface area contributed by atoms with Gasteiger partial charge in [-0.2, -0.15) is 0 Å². The van der Waals surface area contributed by atoms with Crippen LogP contribution in [0.4, 0.5) is 11.4 Å². The van der Waals surface area contributed by atoms with E-state index in [-0.39, 0.29) is 11.3 Å². The minimum Gasteiger partial charge on any atom is -0.481 e. The molecule has 12 heteroatoms. The summed E-state index contributed by atoms with van der Waals surface area (Å²) in [6.45, 7) is 0. The molecule has 1 saturated heterocycles. The fourth-order valence-corrected chi connectivity index (χ4v) is 3.60. The van der Waals surface area contributed by atoms with E-state index in [1.807, 2.05) is 0 Å². The Bertz CT molecular complexity index is 998. The quantitative estimate of drug-likeness (QED) is 0.337. The molecule has 172 valence electrons. The van der Waals surface area contributed by atoms with Gasteiger partial charge in [-0.15, -0.1) is 0 Å². The van der Waals surface area contributed by atoms with Gasteiger partial charge >= 0.3 is 11.9 Å². The van der Waals surface area contributed by atoms with E-state index in [0.717, 1.165) is 0 Å². The minimum atomic E-state index is -1.86. The van der Waals surface area contributed by atoms with Crippen molar-refractivity contribution in [3.63, 3.8) is 0 Å². The summed E-state index contributed by atoms with van der Waals surface area (Å²) < 4.78 is 10.5. The second kappa shape index (κ2) is 9.90. The number of aliphatic carboxylic acids is 2. The van der Waals surface area contributed by atoms with Crippen LogP contribution < -0.4 is 10.1 Å². The summed E-state index contributed by atoms with van der Waals surface area (Å²) in [5.41, 5.74) is 0.981. The van der Waals surface area contributed by atoms with Gasteiger partial charge in [-0.25, -0.2) is 4.79 Å². The molecule has 32 heavy (non-hydrogen) atoms. The van der Waals surface area contributed by atoms with Crippen LogP contribution in [0.2, 0.25) is 10.0 Å². The molecule has 0 radical (unpaired) electrons. The molecule has 0 aromatic heterocycles. The van der Waals surface area contributed by atoms with E-state index in [2.05, 4.69) is 5.32 Å². The second-order valence-corrected chi connectivity index (χ2v) is 7.78. The van der Waals surface area contributed by atoms with Crippen LogP contribution in [0.3, 0.4) is 0 Å². The van der Waals surface area contributed by atoms with Crippen molar-refractivity contribution in [3.05, 3.63) is 52.0 Å². The Balaban J connectivity index is 1.88. The van der Waals surface area contributed by atoms with Crippen LogP contribution in [-0.4, -0.2) is 68.2 Å². The molecule has 1 fully saturated rings. The van der Waals surface area contributed by atoms with Gasteiger partial charge in [-0.1, -0.05) is 29.3 Å². The molecule has 2 aromatic rings. The first-order valence-electron chi connectivity index (χ1n) is 9.23. The first-order chi connectivity index (χ1) is 15.1. The van der Waals surface area contributed by atoms with Crippen LogP contribution in [0, 0.1) is 0 Å². The molecule has 1 heterocycles. The molecular formula is C20H19Cl2NO9. The lowest BCUT2D eigenvalue weighted by Gasteiger charge is -2.38. The maximum atomic E-state index is 11.3. The van der Waals surface area contributed by atoms with E-state index < -0.39 is 49.1 Å². The highest BCUT2D eigenvalue weighted by atomic mass is 35.5. The summed E-state index contributed by atoms with van der Waals surface area (Å²) in [6, 6.07) is 9.07. The monoisotopic (exact) mass is 487 g/mol. The van der Waals surface area contributed by atoms with Crippen molar-refractivity contribution in [2.45, 2.75) is 37.1 Å². The number of carboxylic acid groups (broad SMARTS) is 2. The van der Waals surface area contributed by atoms with Crippen molar-refractivity contribution in [1.82, 2.24) is 0 Å². The average molecular weight is 488 g/mol. The van der Waals surface area contributed by atoms with Crippen molar-refractivity contribution in [2.75, 3.05) is 5.32 Å². The van der Waals surface area contributed by atoms with Crippen LogP contribution in [0.1, 0.15) is 5.56 Å². The maximum Gasteiger partial charge on any atom is 0.335 e. The largest absolute Gasteiger partial charge is 0.481 e. The summed E-state index contributed by atoms with van der Waals surface area (Å²) in [7, 11) is 0. The van der Waals surface area contributed by atoms with Gasteiger partial charge in [0.25, 0.3) is 0 Å². The Morgan fingerprint density at radius 1 is 1.00 bits per heavy atom. The van der Waals surface area contributed by atoms with Crippen molar-refractivity contribution in [2.24, 2.45) is 0 Å². The smallest absolute Gasteiger partial charge is 0.335 e. The van der Waals surface area contributed by atoms with E-state index in [0.29, 0.717) is 21.4 Å². The number of anilines is 2. The number of aliphatic hydroxyl groups is 3. The molecule has 10 nitrogen and oxygen atoms in total. The number of rotatable bonds is 7. The summed E-state index contributed by atoms with van der Waals surface area (Å²) in [5, 5.41) is 51.8. The molecule has 6 N–H and O–H groups in total. The number of carboxylic acids is 2. The lowest BCUT2D eigenvalue weighted by Crippen LogP contribution is -2.61. The third kappa shape index (κ3) is 5.23. The highest BCUT2D eigenvalue weighted by Crippen LogP contribution is 2.35. The molecule has 5 atom stereocenters. The number of nitrogens with one attached hydrogen (secondary N) is 1. The molecule has 1 aliphatic rings. The Labute approximate surface area is 191 Å². The van der Waals surface area contributed by atoms with Gasteiger partial charge < -0.3 is 40.3 Å². The number of halogens is 2. The standard InChI is InChI=1S/C20H19Cl2NO9/c21-10-2-1-3-11(22)14(10)23-12-5-4-9(6-8(12)7-13(24)25)31-20-17(28)15(26)16(27)18(32-20)19(29)30/h1-6,15-18,20,23,26-28H,7H2,(H,24,25)(H,29,30)/t15-,16-,17+,18-,20+/m0/s1. The number of hydrogen-bond donors (Lipinski definition) is 6. The van der Waals surface area contributed by atoms with E-state index in [4.69, 9.17) is 37.8 Å². The molecule has 1 aliphatic heterocycles. The van der Waals surface area contributed by atoms with Crippen LogP contribution in [-0.2, 0) is 20.7 Å². The number of para-hydroxylation sites is 1. The van der Waals surface area contributed by atoms with Gasteiger partial charge in [0.05, 0.1) is 22.2 Å². The predicted octanol–water partition coefficient (Wildman–Crippen LogP) is 1.64. The Kier molecular flexibility index (Phi) is 7.44. The average Bonchev–Trinajstić information content (AvgIpc) is 2.72. The topological polar surface area (TPSA) is 166 Å². The third-order valence-corrected chi connectivity index (χ3v) is 5.34. The summed E-state index contributed by atoms with van der Waals surface area (Å²) in [5.74, 6) is -2.68. The van der Waals surface area contributed by atoms with Gasteiger partial charge in [0, 0.05) is 5.69 Å². The van der Waals surface area contributed by atoms with Crippen molar-refractivity contribution in [1.29, 1.82) is 0 Å². The number of ether oxygens (including phenoxy) is 2. The van der Waals surface area contributed by atoms with Crippen LogP contribution in [0.25, 0.3) is 0 Å². The van der Waals surface area contributed by atoms with Crippen molar-refractivity contribution >= 4 is 46.5 Å². The van der Waals surface area contributed by atoms with E-state index in [1.165, 1.54) is 18.2 Å². The maximum absolute atomic E-state index is 11.3. The third-order valence-electron chi connectivity index (χ3n) is 4.71.